The van der Waals surface area contributed by atoms with Crippen molar-refractivity contribution in [2.24, 2.45) is 0 Å². The standard InChI is InChI=1S/C47H50N12O8/c48-43-41-42(30-14-16-34(17-15-30)67-33-9-2-1-3-10-33)54-59(44(41)51-29-50-43)32-8-6-21-56(28-32)39(61)13-4-7-31-27-57(55-53-31)22-24-66-26-25-65-23-20-49-36-12-5-11-35-40(36)47(64)58(46(35)63)37-18-19-38(60)52-45(37)62/h1-3,5,9-12,14-17,27,29,32,37,49H,4,6-8,13,18-26,28H2,(H2,48,50,51)(H,52,60,62)/t32-,37?/m1/s1. The fourth-order valence-electron chi connectivity index (χ4n) is 8.68. The van der Waals surface area contributed by atoms with Crippen LogP contribution in [0.1, 0.15) is 71.0 Å². The molecule has 0 bridgehead atoms. The van der Waals surface area contributed by atoms with Crippen LogP contribution in [0, 0.1) is 0 Å². The Labute approximate surface area is 384 Å². The molecule has 9 rings (SSSR count). The van der Waals surface area contributed by atoms with Gasteiger partial charge < -0.3 is 30.2 Å². The smallest absolute Gasteiger partial charge is 0.264 e. The van der Waals surface area contributed by atoms with Crippen molar-refractivity contribution in [1.82, 2.24) is 49.9 Å². The number of rotatable bonds is 19. The van der Waals surface area contributed by atoms with Gasteiger partial charge in [0, 0.05) is 49.9 Å². The van der Waals surface area contributed by atoms with Crippen LogP contribution in [0.2, 0.25) is 0 Å². The van der Waals surface area contributed by atoms with E-state index in [-0.39, 0.29) is 35.9 Å². The monoisotopic (exact) mass is 910 g/mol. The number of likely N-dealkylation sites (tertiary alicyclic amines) is 1. The molecule has 4 N–H and O–H groups in total. The fourth-order valence-corrected chi connectivity index (χ4v) is 8.68. The Morgan fingerprint density at radius 2 is 1.69 bits per heavy atom. The third-order valence-corrected chi connectivity index (χ3v) is 12.0. The maximum atomic E-state index is 13.5. The van der Waals surface area contributed by atoms with Crippen LogP contribution in [0.3, 0.4) is 0 Å². The van der Waals surface area contributed by atoms with Gasteiger partial charge in [0.2, 0.25) is 17.7 Å². The Hall–Kier alpha value is -7.58. The molecule has 2 saturated heterocycles. The molecular formula is C47H50N12O8. The Morgan fingerprint density at radius 1 is 0.881 bits per heavy atom. The number of carbonyl (C=O) groups is 5. The first-order chi connectivity index (χ1) is 32.7. The summed E-state index contributed by atoms with van der Waals surface area (Å²) in [4.78, 5) is 75.6. The zero-order chi connectivity index (χ0) is 46.3. The second-order valence-corrected chi connectivity index (χ2v) is 16.5. The number of anilines is 2. The Morgan fingerprint density at radius 3 is 2.51 bits per heavy atom. The Balaban J connectivity index is 0.679. The van der Waals surface area contributed by atoms with E-state index in [0.29, 0.717) is 106 Å². The lowest BCUT2D eigenvalue weighted by Crippen LogP contribution is -2.54. The van der Waals surface area contributed by atoms with Crippen LogP contribution in [-0.2, 0) is 36.8 Å². The number of amides is 5. The molecule has 2 fully saturated rings. The second kappa shape index (κ2) is 20.3. The Kier molecular flexibility index (Phi) is 13.5. The molecule has 3 aliphatic rings. The number of hydrogen-bond acceptors (Lipinski definition) is 15. The molecule has 20 heteroatoms. The van der Waals surface area contributed by atoms with E-state index in [1.54, 1.807) is 22.9 Å². The molecule has 67 heavy (non-hydrogen) atoms. The molecule has 1 unspecified atom stereocenters. The summed E-state index contributed by atoms with van der Waals surface area (Å²) in [5.74, 6) is -0.338. The van der Waals surface area contributed by atoms with Gasteiger partial charge in [0.05, 0.1) is 61.2 Å². The van der Waals surface area contributed by atoms with Crippen LogP contribution < -0.4 is 21.1 Å². The van der Waals surface area contributed by atoms with E-state index in [1.165, 1.54) is 6.33 Å². The van der Waals surface area contributed by atoms with Crippen molar-refractivity contribution >= 4 is 52.1 Å². The summed E-state index contributed by atoms with van der Waals surface area (Å²) in [6, 6.07) is 21.1. The van der Waals surface area contributed by atoms with Gasteiger partial charge in [0.15, 0.2) is 5.65 Å². The van der Waals surface area contributed by atoms with Gasteiger partial charge in [-0.2, -0.15) is 5.10 Å². The number of fused-ring (bicyclic) bond motifs is 2. The lowest BCUT2D eigenvalue weighted by Gasteiger charge is -2.33. The number of nitrogen functional groups attached to an aromatic ring is 1. The number of aryl methyl sites for hydroxylation is 1. The summed E-state index contributed by atoms with van der Waals surface area (Å²) in [7, 11) is 0. The maximum absolute atomic E-state index is 13.5. The van der Waals surface area contributed by atoms with Crippen LogP contribution in [0.5, 0.6) is 11.5 Å². The average molecular weight is 911 g/mol. The van der Waals surface area contributed by atoms with Gasteiger partial charge in [0.1, 0.15) is 35.4 Å². The topological polar surface area (TPSA) is 244 Å². The van der Waals surface area contributed by atoms with E-state index in [4.69, 9.17) is 25.0 Å². The minimum Gasteiger partial charge on any atom is -0.457 e. The number of piperidine rings is 2. The van der Waals surface area contributed by atoms with Crippen molar-refractivity contribution in [2.45, 2.75) is 63.6 Å². The summed E-state index contributed by atoms with van der Waals surface area (Å²) >= 11 is 0. The number of hydrogen-bond donors (Lipinski definition) is 3. The lowest BCUT2D eigenvalue weighted by atomic mass is 10.0. The quantitative estimate of drug-likeness (QED) is 0.0762. The zero-order valence-electron chi connectivity index (χ0n) is 36.7. The predicted molar refractivity (Wildman–Crippen MR) is 243 cm³/mol. The highest BCUT2D eigenvalue weighted by Gasteiger charge is 2.45. The SMILES string of the molecule is Nc1ncnc2c1c(-c1ccc(Oc3ccccc3)cc1)nn2[C@@H]1CCCN(C(=O)CCCc2cn(CCOCCOCCNc3cccc4c3C(=O)N(C3CCC(=O)NC3=O)C4=O)nn2)C1. The van der Waals surface area contributed by atoms with E-state index < -0.39 is 29.7 Å². The average Bonchev–Trinajstić information content (AvgIpc) is 4.04. The number of nitrogens with zero attached hydrogens (tertiary/aromatic N) is 9. The normalized spacial score (nSPS) is 17.3. The van der Waals surface area contributed by atoms with Crippen LogP contribution >= 0.6 is 0 Å². The molecule has 0 radical (unpaired) electrons. The summed E-state index contributed by atoms with van der Waals surface area (Å²) < 4.78 is 21.0. The number of nitrogens with two attached hydrogens (primary N) is 1. The van der Waals surface area contributed by atoms with E-state index >= 15 is 0 Å². The van der Waals surface area contributed by atoms with E-state index in [0.717, 1.165) is 34.7 Å². The van der Waals surface area contributed by atoms with Crippen LogP contribution in [0.15, 0.2) is 85.3 Å². The van der Waals surface area contributed by atoms with Gasteiger partial charge >= 0.3 is 0 Å². The molecule has 0 saturated carbocycles. The largest absolute Gasteiger partial charge is 0.457 e. The number of para-hydroxylation sites is 1. The molecule has 5 amide bonds. The number of ether oxygens (including phenoxy) is 3. The van der Waals surface area contributed by atoms with Gasteiger partial charge in [-0.25, -0.2) is 19.3 Å². The first kappa shape index (κ1) is 44.6. The van der Waals surface area contributed by atoms with Crippen molar-refractivity contribution < 1.29 is 38.2 Å². The minimum absolute atomic E-state index is 0.0543. The number of nitrogens with one attached hydrogen (secondary N) is 2. The third kappa shape index (κ3) is 9.99. The first-order valence-electron chi connectivity index (χ1n) is 22.4. The molecule has 0 spiro atoms. The van der Waals surface area contributed by atoms with E-state index in [2.05, 4.69) is 30.9 Å². The molecule has 3 aliphatic heterocycles. The molecule has 3 aromatic carbocycles. The number of benzene rings is 3. The number of aromatic nitrogens is 7. The Bertz CT molecular complexity index is 2780. The van der Waals surface area contributed by atoms with Crippen molar-refractivity contribution in [3.63, 3.8) is 0 Å². The highest BCUT2D eigenvalue weighted by atomic mass is 16.5. The van der Waals surface area contributed by atoms with Crippen molar-refractivity contribution in [3.8, 4) is 22.8 Å². The summed E-state index contributed by atoms with van der Waals surface area (Å²) in [5.41, 5.74) is 10.2. The fraction of sp³-hybridized carbons (Fsp3) is 0.362. The van der Waals surface area contributed by atoms with Gasteiger partial charge in [-0.15, -0.1) is 5.10 Å². The summed E-state index contributed by atoms with van der Waals surface area (Å²) in [5, 5.41) is 19.6. The molecule has 6 heterocycles. The highest BCUT2D eigenvalue weighted by Crippen LogP contribution is 2.36. The van der Waals surface area contributed by atoms with Gasteiger partial charge in [-0.3, -0.25) is 34.2 Å². The van der Waals surface area contributed by atoms with Gasteiger partial charge in [-0.05, 0) is 80.6 Å². The molecule has 2 atom stereocenters. The molecule has 346 valence electrons. The number of imide groups is 2. The first-order valence-corrected chi connectivity index (χ1v) is 22.4. The zero-order valence-corrected chi connectivity index (χ0v) is 36.7. The predicted octanol–water partition coefficient (Wildman–Crippen LogP) is 4.19. The maximum Gasteiger partial charge on any atom is 0.264 e. The molecule has 6 aromatic rings. The van der Waals surface area contributed by atoms with Crippen molar-refractivity contribution in [3.05, 3.63) is 102 Å². The van der Waals surface area contributed by atoms with Crippen LogP contribution in [0.25, 0.3) is 22.3 Å². The van der Waals surface area contributed by atoms with Gasteiger partial charge in [0.25, 0.3) is 11.8 Å². The lowest BCUT2D eigenvalue weighted by molar-refractivity contribution is -0.136. The van der Waals surface area contributed by atoms with Crippen molar-refractivity contribution in [2.75, 3.05) is 57.1 Å². The van der Waals surface area contributed by atoms with E-state index in [9.17, 15) is 24.0 Å². The summed E-state index contributed by atoms with van der Waals surface area (Å²) in [6.07, 6.45) is 6.75. The molecule has 20 nitrogen and oxygen atoms in total. The van der Waals surface area contributed by atoms with Gasteiger partial charge in [-0.1, -0.05) is 29.5 Å². The third-order valence-electron chi connectivity index (χ3n) is 12.0. The second-order valence-electron chi connectivity index (χ2n) is 16.5. The molecule has 3 aromatic heterocycles. The highest BCUT2D eigenvalue weighted by molar-refractivity contribution is 6.25. The van der Waals surface area contributed by atoms with Crippen LogP contribution in [-0.4, -0.2) is 126 Å². The minimum atomic E-state index is -1.03. The van der Waals surface area contributed by atoms with Crippen molar-refractivity contribution in [1.29, 1.82) is 0 Å². The summed E-state index contributed by atoms with van der Waals surface area (Å²) in [6.45, 7) is 3.46. The van der Waals surface area contributed by atoms with Crippen LogP contribution in [0.4, 0.5) is 11.5 Å². The molecule has 0 aliphatic carbocycles. The number of carbonyl (C=O) groups excluding carboxylic acids is 5. The van der Waals surface area contributed by atoms with E-state index in [1.807, 2.05) is 70.4 Å². The molecular weight excluding hydrogens is 861 g/mol.